The van der Waals surface area contributed by atoms with E-state index in [0.29, 0.717) is 11.2 Å². The fraction of sp³-hybridized carbons (Fsp3) is 0.375. The van der Waals surface area contributed by atoms with Gasteiger partial charge in [-0.1, -0.05) is 32.0 Å². The van der Waals surface area contributed by atoms with Gasteiger partial charge in [0.1, 0.15) is 24.0 Å². The molecular formula is C24H25N5O8P+. The van der Waals surface area contributed by atoms with E-state index in [-0.39, 0.29) is 24.4 Å². The van der Waals surface area contributed by atoms with Crippen molar-refractivity contribution >= 4 is 31.5 Å². The quantitative estimate of drug-likeness (QED) is 0.293. The number of rotatable bonds is 10. The number of carbonyl (C=O) groups is 2. The summed E-state index contributed by atoms with van der Waals surface area (Å²) in [7, 11) is -2.75. The molecule has 0 amide bonds. The van der Waals surface area contributed by atoms with Gasteiger partial charge in [-0.2, -0.15) is 10.4 Å². The highest BCUT2D eigenvalue weighted by Crippen LogP contribution is 2.45. The van der Waals surface area contributed by atoms with Crippen LogP contribution in [0.2, 0.25) is 0 Å². The molecule has 1 aliphatic heterocycles. The number of nitrogens with zero attached hydrogens (tertiary/aromatic N) is 4. The maximum Gasteiger partial charge on any atom is 0.750 e. The highest BCUT2D eigenvalue weighted by atomic mass is 31.1. The summed E-state index contributed by atoms with van der Waals surface area (Å²) in [6.07, 6.45) is -2.65. The third-order valence-electron chi connectivity index (χ3n) is 5.80. The number of benzene rings is 1. The van der Waals surface area contributed by atoms with Gasteiger partial charge in [-0.15, -0.1) is 4.52 Å². The van der Waals surface area contributed by atoms with E-state index in [2.05, 4.69) is 10.1 Å². The maximum atomic E-state index is 12.6. The summed E-state index contributed by atoms with van der Waals surface area (Å²) < 4.78 is 42.0. The Bertz CT molecular complexity index is 1380. The summed E-state index contributed by atoms with van der Waals surface area (Å²) >= 11 is 0. The summed E-state index contributed by atoms with van der Waals surface area (Å²) in [5.41, 5.74) is 4.72. The van der Waals surface area contributed by atoms with Crippen molar-refractivity contribution in [3.63, 3.8) is 0 Å². The Morgan fingerprint density at radius 2 is 1.87 bits per heavy atom. The SMILES string of the molecule is CCC(=O)O[C@H]1[C@H](c2ccc3c(N)ncnn23)O[C@](C#N)(CO[P+](=O)Oc2ccccc2)[C@H]1OC(=O)CC. The van der Waals surface area contributed by atoms with Gasteiger partial charge < -0.3 is 19.9 Å². The largest absolute Gasteiger partial charge is 0.750 e. The summed E-state index contributed by atoms with van der Waals surface area (Å²) in [5, 5.41) is 14.5. The first-order valence-electron chi connectivity index (χ1n) is 11.7. The summed E-state index contributed by atoms with van der Waals surface area (Å²) in [6, 6.07) is 13.5. The number of para-hydroxylation sites is 1. The summed E-state index contributed by atoms with van der Waals surface area (Å²) in [6.45, 7) is 2.52. The Labute approximate surface area is 218 Å². The van der Waals surface area contributed by atoms with Crippen LogP contribution in [-0.2, 0) is 32.9 Å². The Morgan fingerprint density at radius 3 is 2.55 bits per heavy atom. The number of carbonyl (C=O) groups excluding carboxylic acids is 2. The molecule has 0 aliphatic carbocycles. The molecule has 0 spiro atoms. The Kier molecular flexibility index (Phi) is 8.16. The molecule has 1 fully saturated rings. The predicted octanol–water partition coefficient (Wildman–Crippen LogP) is 3.04. The zero-order valence-corrected chi connectivity index (χ0v) is 21.4. The van der Waals surface area contributed by atoms with E-state index in [9.17, 15) is 19.4 Å². The molecule has 0 radical (unpaired) electrons. The van der Waals surface area contributed by atoms with E-state index in [0.717, 1.165) is 0 Å². The van der Waals surface area contributed by atoms with Crippen LogP contribution in [0.15, 0.2) is 48.8 Å². The van der Waals surface area contributed by atoms with Crippen LogP contribution in [0.25, 0.3) is 5.52 Å². The molecule has 4 rings (SSSR count). The van der Waals surface area contributed by atoms with Crippen molar-refractivity contribution in [2.75, 3.05) is 12.3 Å². The minimum atomic E-state index is -2.75. The minimum absolute atomic E-state index is 0.00845. The van der Waals surface area contributed by atoms with Crippen LogP contribution in [0.4, 0.5) is 5.82 Å². The van der Waals surface area contributed by atoms with Gasteiger partial charge >= 0.3 is 20.2 Å². The van der Waals surface area contributed by atoms with Crippen LogP contribution in [0.1, 0.15) is 38.5 Å². The lowest BCUT2D eigenvalue weighted by Crippen LogP contribution is -2.49. The normalized spacial score (nSPS) is 23.0. The first kappa shape index (κ1) is 26.9. The minimum Gasteiger partial charge on any atom is -0.455 e. The number of hydrogen-bond donors (Lipinski definition) is 1. The van der Waals surface area contributed by atoms with Crippen molar-refractivity contribution in [2.45, 2.75) is 50.6 Å². The van der Waals surface area contributed by atoms with Crippen molar-refractivity contribution in [1.29, 1.82) is 5.26 Å². The van der Waals surface area contributed by atoms with E-state index in [1.165, 1.54) is 10.8 Å². The van der Waals surface area contributed by atoms with Crippen LogP contribution in [0, 0.1) is 11.3 Å². The van der Waals surface area contributed by atoms with Crippen LogP contribution >= 0.6 is 8.25 Å². The van der Waals surface area contributed by atoms with E-state index in [1.54, 1.807) is 56.3 Å². The molecule has 0 bridgehead atoms. The first-order chi connectivity index (χ1) is 18.3. The molecule has 1 saturated heterocycles. The van der Waals surface area contributed by atoms with Crippen molar-refractivity contribution in [1.82, 2.24) is 14.6 Å². The number of esters is 2. The van der Waals surface area contributed by atoms with Gasteiger partial charge in [0.15, 0.2) is 30.4 Å². The lowest BCUT2D eigenvalue weighted by Gasteiger charge is -2.27. The Morgan fingerprint density at radius 1 is 1.16 bits per heavy atom. The molecular weight excluding hydrogens is 517 g/mol. The second-order valence-corrected chi connectivity index (χ2v) is 9.10. The average Bonchev–Trinajstić information content (AvgIpc) is 3.48. The van der Waals surface area contributed by atoms with Gasteiger partial charge in [0.05, 0.1) is 5.69 Å². The fourth-order valence-corrected chi connectivity index (χ4v) is 4.57. The smallest absolute Gasteiger partial charge is 0.455 e. The number of ether oxygens (including phenoxy) is 3. The standard InChI is InChI=1S/C24H25N5O8P/c1-3-18(30)34-21-20(16-10-11-17-23(26)27-14-28-29(16)17)36-24(12-25,22(21)35-19(31)4-2)13-33-38(32)37-15-8-6-5-7-9-15/h5-11,14,20-22H,3-4,13H2,1-2H3,(H2,26,27,28)/q+1/t20-,21-,22-,24+/m0/s1. The molecule has 5 atom stereocenters. The fourth-order valence-electron chi connectivity index (χ4n) is 3.93. The highest BCUT2D eigenvalue weighted by molar-refractivity contribution is 7.33. The molecule has 1 unspecified atom stereocenters. The molecule has 38 heavy (non-hydrogen) atoms. The van der Waals surface area contributed by atoms with Crippen molar-refractivity contribution in [3.8, 4) is 11.8 Å². The van der Waals surface area contributed by atoms with Gasteiger partial charge in [-0.3, -0.25) is 9.59 Å². The molecule has 2 N–H and O–H groups in total. The monoisotopic (exact) mass is 542 g/mol. The second kappa shape index (κ2) is 11.5. The topological polar surface area (TPSA) is 177 Å². The third-order valence-corrected chi connectivity index (χ3v) is 6.50. The molecule has 1 aromatic carbocycles. The lowest BCUT2D eigenvalue weighted by atomic mass is 9.95. The number of nitrogens with two attached hydrogens (primary N) is 1. The summed E-state index contributed by atoms with van der Waals surface area (Å²) in [4.78, 5) is 28.8. The van der Waals surface area contributed by atoms with Crippen LogP contribution in [0.3, 0.4) is 0 Å². The molecule has 0 saturated carbocycles. The summed E-state index contributed by atoms with van der Waals surface area (Å²) in [5.74, 6) is -0.826. The van der Waals surface area contributed by atoms with Crippen molar-refractivity contribution in [3.05, 3.63) is 54.5 Å². The van der Waals surface area contributed by atoms with Gasteiger partial charge in [0.25, 0.3) is 0 Å². The molecule has 1 aliphatic rings. The third kappa shape index (κ3) is 5.43. The molecule has 13 nitrogen and oxygen atoms in total. The molecule has 198 valence electrons. The molecule has 3 aromatic rings. The van der Waals surface area contributed by atoms with Gasteiger partial charge in [0.2, 0.25) is 5.60 Å². The molecule has 2 aromatic heterocycles. The van der Waals surface area contributed by atoms with Gasteiger partial charge in [-0.25, -0.2) is 14.0 Å². The highest BCUT2D eigenvalue weighted by Gasteiger charge is 2.62. The van der Waals surface area contributed by atoms with E-state index >= 15 is 0 Å². The Balaban J connectivity index is 1.71. The number of aromatic nitrogens is 3. The lowest BCUT2D eigenvalue weighted by molar-refractivity contribution is -0.169. The van der Waals surface area contributed by atoms with E-state index in [4.69, 9.17) is 29.0 Å². The maximum absolute atomic E-state index is 12.6. The van der Waals surface area contributed by atoms with Crippen LogP contribution in [-0.4, -0.2) is 51.0 Å². The first-order valence-corrected chi connectivity index (χ1v) is 12.8. The zero-order valence-electron chi connectivity index (χ0n) is 20.6. The van der Waals surface area contributed by atoms with E-state index in [1.807, 2.05) is 6.07 Å². The second-order valence-electron chi connectivity index (χ2n) is 8.21. The van der Waals surface area contributed by atoms with E-state index < -0.39 is 50.7 Å². The van der Waals surface area contributed by atoms with Crippen molar-refractivity contribution < 1.29 is 37.4 Å². The zero-order chi connectivity index (χ0) is 27.3. The molecule has 3 heterocycles. The van der Waals surface area contributed by atoms with Crippen LogP contribution in [0.5, 0.6) is 5.75 Å². The number of fused-ring (bicyclic) bond motifs is 1. The van der Waals surface area contributed by atoms with Gasteiger partial charge in [-0.05, 0) is 24.3 Å². The number of hydrogen-bond acceptors (Lipinski definition) is 12. The number of anilines is 1. The van der Waals surface area contributed by atoms with Crippen LogP contribution < -0.4 is 10.3 Å². The van der Waals surface area contributed by atoms with Gasteiger partial charge in [0, 0.05) is 17.4 Å². The van der Waals surface area contributed by atoms with Crippen molar-refractivity contribution in [2.24, 2.45) is 0 Å². The molecule has 14 heteroatoms. The predicted molar refractivity (Wildman–Crippen MR) is 131 cm³/mol. The number of nitriles is 1. The Hall–Kier alpha value is -4.11. The number of nitrogen functional groups attached to an aromatic ring is 1. The average molecular weight is 542 g/mol.